The number of alkyl halides is 3. The summed E-state index contributed by atoms with van der Waals surface area (Å²) in [7, 11) is 0. The van der Waals surface area contributed by atoms with Gasteiger partial charge >= 0.3 is 6.18 Å². The van der Waals surface area contributed by atoms with E-state index in [9.17, 15) is 13.2 Å². The van der Waals surface area contributed by atoms with Crippen molar-refractivity contribution in [2.75, 3.05) is 0 Å². The zero-order chi connectivity index (χ0) is 13.2. The third-order valence-electron chi connectivity index (χ3n) is 2.94. The maximum Gasteiger partial charge on any atom is 0.389 e. The molecule has 0 bridgehead atoms. The highest BCUT2D eigenvalue weighted by Gasteiger charge is 2.28. The lowest BCUT2D eigenvalue weighted by Crippen LogP contribution is -2.12. The summed E-state index contributed by atoms with van der Waals surface area (Å²) >= 11 is 0. The average molecular weight is 259 g/mol. The second-order valence-corrected chi connectivity index (χ2v) is 4.48. The molecule has 0 atom stereocenters. The third-order valence-corrected chi connectivity index (χ3v) is 2.94. The first kappa shape index (κ1) is 13.3. The molecule has 6 heteroatoms. The minimum absolute atomic E-state index is 0.131. The number of nitrogens with zero attached hydrogens (tertiary/aromatic N) is 2. The monoisotopic (exact) mass is 259 g/mol. The lowest BCUT2D eigenvalue weighted by Gasteiger charge is -2.10. The number of nitrogens with one attached hydrogen (secondary N) is 1. The second kappa shape index (κ2) is 5.22. The maximum absolute atomic E-state index is 12.2. The van der Waals surface area contributed by atoms with Crippen LogP contribution in [0, 0.1) is 0 Å². The molecule has 1 aliphatic heterocycles. The van der Waals surface area contributed by atoms with Gasteiger partial charge in [-0.05, 0) is 6.42 Å². The van der Waals surface area contributed by atoms with Crippen LogP contribution in [0.4, 0.5) is 13.2 Å². The van der Waals surface area contributed by atoms with Crippen LogP contribution in [0.15, 0.2) is 0 Å². The molecule has 0 radical (unpaired) electrons. The average Bonchev–Trinajstić information content (AvgIpc) is 2.74. The summed E-state index contributed by atoms with van der Waals surface area (Å²) in [6.45, 7) is 3.39. The fourth-order valence-corrected chi connectivity index (χ4v) is 2.10. The fourth-order valence-electron chi connectivity index (χ4n) is 2.10. The smallest absolute Gasteiger partial charge is 0.307 e. The molecule has 2 heterocycles. The number of hydrogen-bond donors (Lipinski definition) is 1. The fraction of sp³-hybridized carbons (Fsp3) is 0.667. The Morgan fingerprint density at radius 1 is 1.17 bits per heavy atom. The van der Waals surface area contributed by atoms with Gasteiger partial charge in [0.2, 0.25) is 0 Å². The molecule has 18 heavy (non-hydrogen) atoms. The van der Waals surface area contributed by atoms with E-state index in [4.69, 9.17) is 0 Å². The minimum Gasteiger partial charge on any atom is -0.307 e. The minimum atomic E-state index is -4.15. The molecule has 0 saturated carbocycles. The van der Waals surface area contributed by atoms with Crippen molar-refractivity contribution in [1.29, 1.82) is 0 Å². The molecule has 3 nitrogen and oxygen atoms in total. The van der Waals surface area contributed by atoms with Crippen molar-refractivity contribution in [1.82, 2.24) is 15.3 Å². The standard InChI is InChI=1S/C12H16F3N3/c1-2-3-9-8-6-16-7-10(8)18-11(17-9)4-5-12(13,14)15/h16H,2-7H2,1H3. The molecule has 0 saturated heterocycles. The number of rotatable bonds is 4. The molecule has 2 rings (SSSR count). The Morgan fingerprint density at radius 3 is 2.61 bits per heavy atom. The predicted octanol–water partition coefficient (Wildman–Crippen LogP) is 2.53. The van der Waals surface area contributed by atoms with Crippen LogP contribution in [-0.4, -0.2) is 16.1 Å². The van der Waals surface area contributed by atoms with Crippen molar-refractivity contribution in [2.24, 2.45) is 0 Å². The Hall–Kier alpha value is -1.17. The van der Waals surface area contributed by atoms with E-state index in [-0.39, 0.29) is 6.42 Å². The molecule has 1 aromatic rings. The Kier molecular flexibility index (Phi) is 3.85. The van der Waals surface area contributed by atoms with Gasteiger partial charge in [-0.2, -0.15) is 13.2 Å². The van der Waals surface area contributed by atoms with Crippen molar-refractivity contribution in [3.63, 3.8) is 0 Å². The molecular weight excluding hydrogens is 243 g/mol. The van der Waals surface area contributed by atoms with Crippen LogP contribution < -0.4 is 5.32 Å². The first-order chi connectivity index (χ1) is 8.49. The SMILES string of the molecule is CCCc1nc(CCC(F)(F)F)nc2c1CNC2. The van der Waals surface area contributed by atoms with Crippen molar-refractivity contribution >= 4 is 0 Å². The van der Waals surface area contributed by atoms with E-state index in [1.165, 1.54) is 0 Å². The quantitative estimate of drug-likeness (QED) is 0.903. The maximum atomic E-state index is 12.2. The molecule has 100 valence electrons. The lowest BCUT2D eigenvalue weighted by atomic mass is 10.1. The van der Waals surface area contributed by atoms with Crippen molar-refractivity contribution < 1.29 is 13.2 Å². The van der Waals surface area contributed by atoms with Gasteiger partial charge in [0.15, 0.2) is 0 Å². The van der Waals surface area contributed by atoms with Gasteiger partial charge in [-0.15, -0.1) is 0 Å². The number of aromatic nitrogens is 2. The van der Waals surface area contributed by atoms with E-state index < -0.39 is 12.6 Å². The van der Waals surface area contributed by atoms with E-state index in [2.05, 4.69) is 15.3 Å². The number of aryl methyl sites for hydroxylation is 2. The van der Waals surface area contributed by atoms with Crippen LogP contribution in [0.2, 0.25) is 0 Å². The topological polar surface area (TPSA) is 37.8 Å². The zero-order valence-corrected chi connectivity index (χ0v) is 10.3. The molecule has 0 aliphatic carbocycles. The summed E-state index contributed by atoms with van der Waals surface area (Å²) in [6.07, 6.45) is -3.41. The molecular formula is C12H16F3N3. The van der Waals surface area contributed by atoms with Crippen molar-refractivity contribution in [3.05, 3.63) is 22.8 Å². The Labute approximate surface area is 104 Å². The second-order valence-electron chi connectivity index (χ2n) is 4.48. The molecule has 0 spiro atoms. The summed E-state index contributed by atoms with van der Waals surface area (Å²) in [5, 5.41) is 3.16. The molecule has 0 fully saturated rings. The number of hydrogen-bond acceptors (Lipinski definition) is 3. The van der Waals surface area contributed by atoms with Crippen LogP contribution in [0.1, 0.15) is 42.5 Å². The van der Waals surface area contributed by atoms with Gasteiger partial charge in [-0.1, -0.05) is 13.3 Å². The zero-order valence-electron chi connectivity index (χ0n) is 10.3. The van der Waals surface area contributed by atoms with Crippen LogP contribution in [0.3, 0.4) is 0 Å². The Morgan fingerprint density at radius 2 is 1.94 bits per heavy atom. The summed E-state index contributed by atoms with van der Waals surface area (Å²) in [4.78, 5) is 8.51. The van der Waals surface area contributed by atoms with Crippen LogP contribution in [-0.2, 0) is 25.9 Å². The van der Waals surface area contributed by atoms with E-state index >= 15 is 0 Å². The molecule has 1 N–H and O–H groups in total. The normalized spacial score (nSPS) is 14.9. The van der Waals surface area contributed by atoms with E-state index in [1.54, 1.807) is 0 Å². The third kappa shape index (κ3) is 3.19. The largest absolute Gasteiger partial charge is 0.389 e. The Balaban J connectivity index is 2.19. The number of fused-ring (bicyclic) bond motifs is 1. The molecule has 0 unspecified atom stereocenters. The van der Waals surface area contributed by atoms with E-state index in [0.29, 0.717) is 12.4 Å². The first-order valence-electron chi connectivity index (χ1n) is 6.14. The highest BCUT2D eigenvalue weighted by Crippen LogP contribution is 2.23. The van der Waals surface area contributed by atoms with E-state index in [0.717, 1.165) is 36.3 Å². The predicted molar refractivity (Wildman–Crippen MR) is 60.9 cm³/mol. The summed E-state index contributed by atoms with van der Waals surface area (Å²) < 4.78 is 36.6. The van der Waals surface area contributed by atoms with Gasteiger partial charge in [0, 0.05) is 30.8 Å². The molecule has 1 aromatic heterocycles. The van der Waals surface area contributed by atoms with Crippen LogP contribution in [0.5, 0.6) is 0 Å². The summed E-state index contributed by atoms with van der Waals surface area (Å²) in [5.74, 6) is 0.318. The Bertz CT molecular complexity index is 429. The van der Waals surface area contributed by atoms with Crippen LogP contribution >= 0.6 is 0 Å². The highest BCUT2D eigenvalue weighted by molar-refractivity contribution is 5.29. The summed E-state index contributed by atoms with van der Waals surface area (Å²) in [6, 6.07) is 0. The van der Waals surface area contributed by atoms with Gasteiger partial charge in [0.1, 0.15) is 5.82 Å². The molecule has 1 aliphatic rings. The van der Waals surface area contributed by atoms with Gasteiger partial charge < -0.3 is 5.32 Å². The molecule has 0 aromatic carbocycles. The van der Waals surface area contributed by atoms with Gasteiger partial charge in [-0.25, -0.2) is 9.97 Å². The lowest BCUT2D eigenvalue weighted by molar-refractivity contribution is -0.134. The summed E-state index contributed by atoms with van der Waals surface area (Å²) in [5.41, 5.74) is 2.85. The number of halogens is 3. The van der Waals surface area contributed by atoms with Crippen LogP contribution in [0.25, 0.3) is 0 Å². The van der Waals surface area contributed by atoms with Crippen molar-refractivity contribution in [2.45, 2.75) is 51.9 Å². The van der Waals surface area contributed by atoms with Gasteiger partial charge in [-0.3, -0.25) is 0 Å². The van der Waals surface area contributed by atoms with Crippen molar-refractivity contribution in [3.8, 4) is 0 Å². The van der Waals surface area contributed by atoms with Gasteiger partial charge in [0.25, 0.3) is 0 Å². The molecule has 0 amide bonds. The first-order valence-corrected chi connectivity index (χ1v) is 6.14. The highest BCUT2D eigenvalue weighted by atomic mass is 19.4. The van der Waals surface area contributed by atoms with Gasteiger partial charge in [0.05, 0.1) is 12.1 Å². The van der Waals surface area contributed by atoms with E-state index in [1.807, 2.05) is 6.92 Å².